The molecule has 5 N–H and O–H groups in total. The number of hydrogen-bond donors (Lipinski definition) is 4. The Labute approximate surface area is 291 Å². The summed E-state index contributed by atoms with van der Waals surface area (Å²) in [5.41, 5.74) is 5.45. The summed E-state index contributed by atoms with van der Waals surface area (Å²) in [5, 5.41) is 14.5. The zero-order chi connectivity index (χ0) is 35.3. The molecule has 0 aromatic rings. The van der Waals surface area contributed by atoms with Crippen molar-refractivity contribution in [2.75, 3.05) is 52.7 Å². The van der Waals surface area contributed by atoms with E-state index in [0.29, 0.717) is 91.3 Å². The van der Waals surface area contributed by atoms with Crippen LogP contribution in [0.3, 0.4) is 0 Å². The number of ether oxygens (including phenoxy) is 3. The highest BCUT2D eigenvalue weighted by Gasteiger charge is 2.11. The largest absolute Gasteiger partial charge is 0.480 e. The molecule has 11 heteroatoms. The van der Waals surface area contributed by atoms with Gasteiger partial charge in [-0.25, -0.2) is 0 Å². The van der Waals surface area contributed by atoms with Gasteiger partial charge in [-0.1, -0.05) is 96.8 Å². The minimum atomic E-state index is -1.00. The van der Waals surface area contributed by atoms with Crippen LogP contribution in [0.2, 0.25) is 0 Å². The van der Waals surface area contributed by atoms with Crippen molar-refractivity contribution < 1.29 is 38.5 Å². The number of carbonyl (C=O) groups is 4. The zero-order valence-corrected chi connectivity index (χ0v) is 30.4. The van der Waals surface area contributed by atoms with Crippen LogP contribution in [-0.2, 0) is 33.4 Å². The SMILES string of the molecule is CCCCCCCCCCCCCCCC(=O)NCCCOCCOCCOCCCNC(=O)CCC(=O)CCCCC[C@H](N)C(=O)O. The maximum atomic E-state index is 12.0. The van der Waals surface area contributed by atoms with Gasteiger partial charge in [-0.2, -0.15) is 0 Å². The van der Waals surface area contributed by atoms with E-state index in [9.17, 15) is 19.2 Å². The van der Waals surface area contributed by atoms with Crippen molar-refractivity contribution in [2.24, 2.45) is 5.73 Å². The molecule has 0 fully saturated rings. The van der Waals surface area contributed by atoms with Crippen LogP contribution in [0.4, 0.5) is 0 Å². The number of ketones is 1. The number of nitrogens with two attached hydrogens (primary N) is 1. The highest BCUT2D eigenvalue weighted by atomic mass is 16.5. The Bertz CT molecular complexity index is 784. The van der Waals surface area contributed by atoms with Crippen LogP contribution in [0.1, 0.15) is 155 Å². The molecule has 282 valence electrons. The average Bonchev–Trinajstić information content (AvgIpc) is 3.07. The first kappa shape index (κ1) is 45.9. The fourth-order valence-corrected chi connectivity index (χ4v) is 5.19. The molecule has 0 aliphatic rings. The van der Waals surface area contributed by atoms with E-state index in [1.807, 2.05) is 0 Å². The van der Waals surface area contributed by atoms with Crippen molar-refractivity contribution in [2.45, 2.75) is 161 Å². The fraction of sp³-hybridized carbons (Fsp3) is 0.892. The summed E-state index contributed by atoms with van der Waals surface area (Å²) in [6.45, 7) is 6.42. The molecule has 0 rings (SSSR count). The molecule has 11 nitrogen and oxygen atoms in total. The monoisotopic (exact) mass is 686 g/mol. The van der Waals surface area contributed by atoms with Gasteiger partial charge in [-0.15, -0.1) is 0 Å². The van der Waals surface area contributed by atoms with E-state index in [-0.39, 0.29) is 30.4 Å². The van der Waals surface area contributed by atoms with Crippen LogP contribution in [0.15, 0.2) is 0 Å². The number of carboxylic acids is 1. The molecule has 0 aromatic heterocycles. The van der Waals surface area contributed by atoms with E-state index in [0.717, 1.165) is 25.7 Å². The molecule has 48 heavy (non-hydrogen) atoms. The van der Waals surface area contributed by atoms with Crippen LogP contribution in [-0.4, -0.2) is 87.4 Å². The van der Waals surface area contributed by atoms with Crippen LogP contribution in [0, 0.1) is 0 Å². The van der Waals surface area contributed by atoms with E-state index >= 15 is 0 Å². The second kappa shape index (κ2) is 36.2. The summed E-state index contributed by atoms with van der Waals surface area (Å²) < 4.78 is 16.6. The molecule has 0 aliphatic carbocycles. The third-order valence-corrected chi connectivity index (χ3v) is 8.25. The Morgan fingerprint density at radius 3 is 1.44 bits per heavy atom. The summed E-state index contributed by atoms with van der Waals surface area (Å²) in [6, 6.07) is -0.847. The number of carboxylic acid groups (broad SMARTS) is 1. The zero-order valence-electron chi connectivity index (χ0n) is 30.4. The van der Waals surface area contributed by atoms with E-state index in [4.69, 9.17) is 25.1 Å². The minimum Gasteiger partial charge on any atom is -0.480 e. The Morgan fingerprint density at radius 2 is 0.938 bits per heavy atom. The highest BCUT2D eigenvalue weighted by Crippen LogP contribution is 2.13. The number of hydrogen-bond acceptors (Lipinski definition) is 8. The number of carbonyl (C=O) groups excluding carboxylic acids is 3. The van der Waals surface area contributed by atoms with E-state index < -0.39 is 12.0 Å². The van der Waals surface area contributed by atoms with E-state index in [2.05, 4.69) is 17.6 Å². The van der Waals surface area contributed by atoms with Crippen LogP contribution in [0.25, 0.3) is 0 Å². The molecule has 0 saturated carbocycles. The third kappa shape index (κ3) is 35.2. The average molecular weight is 686 g/mol. The van der Waals surface area contributed by atoms with Gasteiger partial charge in [0, 0.05) is 52.0 Å². The fourth-order valence-electron chi connectivity index (χ4n) is 5.19. The normalized spacial score (nSPS) is 11.8. The second-order valence-electron chi connectivity index (χ2n) is 12.8. The molecule has 0 saturated heterocycles. The van der Waals surface area contributed by atoms with Crippen molar-refractivity contribution in [3.63, 3.8) is 0 Å². The lowest BCUT2D eigenvalue weighted by Gasteiger charge is -2.08. The quantitative estimate of drug-likeness (QED) is 0.0550. The number of rotatable bonds is 38. The molecule has 0 aliphatic heterocycles. The van der Waals surface area contributed by atoms with Gasteiger partial charge < -0.3 is 35.7 Å². The number of Topliss-reactive ketones (excluding diaryl/α,β-unsaturated/α-hetero) is 1. The van der Waals surface area contributed by atoms with Crippen LogP contribution in [0.5, 0.6) is 0 Å². The Hall–Kier alpha value is -2.08. The third-order valence-electron chi connectivity index (χ3n) is 8.25. The molecule has 0 unspecified atom stereocenters. The molecule has 2 amide bonds. The summed E-state index contributed by atoms with van der Waals surface area (Å²) in [7, 11) is 0. The van der Waals surface area contributed by atoms with Crippen LogP contribution < -0.4 is 16.4 Å². The van der Waals surface area contributed by atoms with Gasteiger partial charge >= 0.3 is 5.97 Å². The Morgan fingerprint density at radius 1 is 0.521 bits per heavy atom. The Balaban J connectivity index is 3.31. The van der Waals surface area contributed by atoms with Crippen molar-refractivity contribution in [3.05, 3.63) is 0 Å². The van der Waals surface area contributed by atoms with Gasteiger partial charge in [0.2, 0.25) is 11.8 Å². The standard InChI is InChI=1S/C37H71N3O8/c1-2-3-4-5-6-7-8-9-10-11-12-13-17-22-35(42)39-25-18-27-46-29-31-48-32-30-47-28-19-26-40-36(43)24-23-33(41)20-15-14-16-21-34(38)37(44)45/h34H,2-32,38H2,1H3,(H,39,42)(H,40,43)(H,44,45)/t34-/m0/s1. The minimum absolute atomic E-state index is 0.0421. The van der Waals surface area contributed by atoms with Gasteiger partial charge in [0.1, 0.15) is 11.8 Å². The summed E-state index contributed by atoms with van der Waals surface area (Å²) in [4.78, 5) is 46.5. The summed E-state index contributed by atoms with van der Waals surface area (Å²) in [5.74, 6) is -0.972. The predicted molar refractivity (Wildman–Crippen MR) is 191 cm³/mol. The maximum absolute atomic E-state index is 12.0. The lowest BCUT2D eigenvalue weighted by atomic mass is 10.0. The number of nitrogens with one attached hydrogen (secondary N) is 2. The molecule has 0 radical (unpaired) electrons. The molecule has 0 spiro atoms. The number of amides is 2. The number of unbranched alkanes of at least 4 members (excludes halogenated alkanes) is 14. The van der Waals surface area contributed by atoms with Crippen molar-refractivity contribution >= 4 is 23.6 Å². The lowest BCUT2D eigenvalue weighted by molar-refractivity contribution is -0.138. The van der Waals surface area contributed by atoms with Crippen molar-refractivity contribution in [1.29, 1.82) is 0 Å². The molecule has 0 aromatic carbocycles. The molecule has 0 bridgehead atoms. The first-order chi connectivity index (χ1) is 23.4. The molecular weight excluding hydrogens is 614 g/mol. The van der Waals surface area contributed by atoms with Gasteiger partial charge in [-0.3, -0.25) is 19.2 Å². The van der Waals surface area contributed by atoms with Gasteiger partial charge in [0.25, 0.3) is 0 Å². The summed E-state index contributed by atoms with van der Waals surface area (Å²) in [6.07, 6.45) is 22.4. The van der Waals surface area contributed by atoms with E-state index in [1.54, 1.807) is 0 Å². The summed E-state index contributed by atoms with van der Waals surface area (Å²) >= 11 is 0. The second-order valence-corrected chi connectivity index (χ2v) is 12.8. The van der Waals surface area contributed by atoms with Gasteiger partial charge in [0.05, 0.1) is 26.4 Å². The molecule has 0 heterocycles. The smallest absolute Gasteiger partial charge is 0.320 e. The molecular formula is C37H71N3O8. The first-order valence-corrected chi connectivity index (χ1v) is 19.1. The number of aliphatic carboxylic acids is 1. The van der Waals surface area contributed by atoms with Gasteiger partial charge in [0.15, 0.2) is 0 Å². The topological polar surface area (TPSA) is 166 Å². The van der Waals surface area contributed by atoms with Gasteiger partial charge in [-0.05, 0) is 32.1 Å². The van der Waals surface area contributed by atoms with Crippen LogP contribution >= 0.6 is 0 Å². The highest BCUT2D eigenvalue weighted by molar-refractivity contribution is 5.84. The predicted octanol–water partition coefficient (Wildman–Crippen LogP) is 6.24. The first-order valence-electron chi connectivity index (χ1n) is 19.1. The lowest BCUT2D eigenvalue weighted by Crippen LogP contribution is -2.29. The maximum Gasteiger partial charge on any atom is 0.320 e. The van der Waals surface area contributed by atoms with Crippen molar-refractivity contribution in [3.8, 4) is 0 Å². The Kier molecular flexibility index (Phi) is 34.6. The molecule has 1 atom stereocenters. The van der Waals surface area contributed by atoms with E-state index in [1.165, 1.54) is 70.6 Å². The van der Waals surface area contributed by atoms with Crippen molar-refractivity contribution in [1.82, 2.24) is 10.6 Å².